The summed E-state index contributed by atoms with van der Waals surface area (Å²) in [5.41, 5.74) is 1.71. The van der Waals surface area contributed by atoms with Crippen LogP contribution in [0.1, 0.15) is 39.3 Å². The maximum atomic E-state index is 12.7. The van der Waals surface area contributed by atoms with Gasteiger partial charge in [-0.05, 0) is 37.1 Å². The highest BCUT2D eigenvalue weighted by molar-refractivity contribution is 6.30. The normalized spacial score (nSPS) is 18.0. The first-order valence-electron chi connectivity index (χ1n) is 8.15. The summed E-state index contributed by atoms with van der Waals surface area (Å²) in [6, 6.07) is 9.15. The van der Waals surface area contributed by atoms with Gasteiger partial charge in [-0.2, -0.15) is 0 Å². The highest BCUT2D eigenvalue weighted by Crippen LogP contribution is 2.28. The molecule has 6 heteroatoms. The van der Waals surface area contributed by atoms with Gasteiger partial charge in [0.15, 0.2) is 0 Å². The van der Waals surface area contributed by atoms with Crippen LogP contribution in [-0.4, -0.2) is 23.7 Å². The van der Waals surface area contributed by atoms with Gasteiger partial charge in [0.2, 0.25) is 11.8 Å². The third kappa shape index (κ3) is 3.56. The van der Waals surface area contributed by atoms with Crippen LogP contribution in [0.3, 0.4) is 0 Å². The van der Waals surface area contributed by atoms with E-state index in [1.165, 1.54) is 0 Å². The lowest BCUT2D eigenvalue weighted by atomic mass is 9.92. The maximum absolute atomic E-state index is 12.7. The van der Waals surface area contributed by atoms with Crippen molar-refractivity contribution in [3.8, 4) is 0 Å². The lowest BCUT2D eigenvalue weighted by Crippen LogP contribution is -2.39. The Balaban J connectivity index is 1.72. The summed E-state index contributed by atoms with van der Waals surface area (Å²) in [5.74, 6) is 0.326. The molecule has 0 radical (unpaired) electrons. The van der Waals surface area contributed by atoms with Crippen molar-refractivity contribution >= 4 is 29.1 Å². The van der Waals surface area contributed by atoms with E-state index in [4.69, 9.17) is 16.1 Å². The molecular weight excluding hydrogens is 326 g/mol. The fourth-order valence-corrected chi connectivity index (χ4v) is 3.00. The molecule has 0 unspecified atom stereocenters. The number of aromatic nitrogens is 1. The first-order valence-corrected chi connectivity index (χ1v) is 8.53. The summed E-state index contributed by atoms with van der Waals surface area (Å²) < 4.78 is 5.26. The summed E-state index contributed by atoms with van der Waals surface area (Å²) in [6.45, 7) is 7.00. The fraction of sp³-hybridized carbons (Fsp3) is 0.444. The van der Waals surface area contributed by atoms with Gasteiger partial charge in [0.05, 0.1) is 5.69 Å². The molecule has 1 aromatic carbocycles. The number of nitrogens with one attached hydrogen (secondary N) is 1. The van der Waals surface area contributed by atoms with Gasteiger partial charge in [-0.1, -0.05) is 37.5 Å². The molecule has 1 saturated heterocycles. The third-order valence-electron chi connectivity index (χ3n) is 4.24. The van der Waals surface area contributed by atoms with Gasteiger partial charge >= 0.3 is 0 Å². The largest absolute Gasteiger partial charge is 0.360 e. The van der Waals surface area contributed by atoms with E-state index in [1.807, 2.05) is 24.3 Å². The predicted molar refractivity (Wildman–Crippen MR) is 95.7 cm³/mol. The molecule has 1 aromatic heterocycles. The Labute approximate surface area is 147 Å². The Hall–Kier alpha value is -2.01. The van der Waals surface area contributed by atoms with Gasteiger partial charge < -0.3 is 9.42 Å². The molecule has 128 valence electrons. The molecule has 1 fully saturated rings. The molecule has 0 saturated carbocycles. The summed E-state index contributed by atoms with van der Waals surface area (Å²) in [4.78, 5) is 14.8. The van der Waals surface area contributed by atoms with Crippen LogP contribution in [0.15, 0.2) is 34.9 Å². The number of benzene rings is 1. The van der Waals surface area contributed by atoms with Crippen molar-refractivity contribution in [1.29, 1.82) is 0 Å². The Morgan fingerprint density at radius 1 is 1.33 bits per heavy atom. The monoisotopic (exact) mass is 347 g/mol. The van der Waals surface area contributed by atoms with Crippen LogP contribution in [-0.2, 0) is 10.2 Å². The highest BCUT2D eigenvalue weighted by atomic mass is 35.5. The molecule has 2 aromatic rings. The van der Waals surface area contributed by atoms with E-state index in [0.29, 0.717) is 10.9 Å². The molecule has 3 rings (SSSR count). The number of carbonyl (C=O) groups excluding carboxylic acids is 1. The lowest BCUT2D eigenvalue weighted by Gasteiger charge is -2.25. The first-order chi connectivity index (χ1) is 11.3. The van der Waals surface area contributed by atoms with Crippen molar-refractivity contribution in [3.63, 3.8) is 0 Å². The van der Waals surface area contributed by atoms with E-state index in [1.54, 1.807) is 6.07 Å². The minimum absolute atomic E-state index is 0.0703. The van der Waals surface area contributed by atoms with Crippen LogP contribution < -0.4 is 10.2 Å². The molecule has 2 heterocycles. The molecule has 0 bridgehead atoms. The molecular formula is C18H22ClN3O2. The number of amides is 1. The smallest absolute Gasteiger partial charge is 0.249 e. The number of rotatable bonds is 3. The van der Waals surface area contributed by atoms with Gasteiger partial charge in [0.1, 0.15) is 6.04 Å². The van der Waals surface area contributed by atoms with Gasteiger partial charge in [-0.15, -0.1) is 0 Å². The molecule has 1 aliphatic heterocycles. The number of halogens is 1. The zero-order chi connectivity index (χ0) is 17.3. The lowest BCUT2D eigenvalue weighted by molar-refractivity contribution is -0.117. The zero-order valence-electron chi connectivity index (χ0n) is 14.2. The van der Waals surface area contributed by atoms with E-state index in [2.05, 4.69) is 36.1 Å². The standard InChI is InChI=1S/C18H22ClN3O2/c1-18(2,3)15-11-16(24-21-15)20-17(23)14-5-4-10-22(14)13-8-6-12(19)7-9-13/h6-9,11,14H,4-5,10H2,1-3H3,(H,20,23)/t14-/m0/s1. The average Bonchev–Trinajstić information content (AvgIpc) is 3.16. The van der Waals surface area contributed by atoms with Crippen LogP contribution in [0, 0.1) is 0 Å². The molecule has 1 aliphatic rings. The summed E-state index contributed by atoms with van der Waals surface area (Å²) in [6.07, 6.45) is 1.79. The summed E-state index contributed by atoms with van der Waals surface area (Å²) in [5, 5.41) is 7.58. The second kappa shape index (κ2) is 6.48. The Bertz CT molecular complexity index is 719. The minimum atomic E-state index is -0.214. The quantitative estimate of drug-likeness (QED) is 0.902. The van der Waals surface area contributed by atoms with E-state index in [0.717, 1.165) is 30.8 Å². The molecule has 24 heavy (non-hydrogen) atoms. The van der Waals surface area contributed by atoms with E-state index >= 15 is 0 Å². The Kier molecular flexibility index (Phi) is 4.54. The van der Waals surface area contributed by atoms with E-state index < -0.39 is 0 Å². The van der Waals surface area contributed by atoms with Crippen LogP contribution >= 0.6 is 11.6 Å². The van der Waals surface area contributed by atoms with Crippen molar-refractivity contribution in [1.82, 2.24) is 5.16 Å². The van der Waals surface area contributed by atoms with E-state index in [9.17, 15) is 4.79 Å². The maximum Gasteiger partial charge on any atom is 0.249 e. The van der Waals surface area contributed by atoms with Crippen LogP contribution in [0.25, 0.3) is 0 Å². The molecule has 1 atom stereocenters. The molecule has 0 spiro atoms. The van der Waals surface area contributed by atoms with Gasteiger partial charge in [-0.25, -0.2) is 0 Å². The summed E-state index contributed by atoms with van der Waals surface area (Å²) >= 11 is 5.95. The molecule has 1 amide bonds. The number of anilines is 2. The molecule has 1 N–H and O–H groups in total. The molecule has 0 aliphatic carbocycles. The predicted octanol–water partition coefficient (Wildman–Crippen LogP) is 4.23. The second-order valence-electron chi connectivity index (χ2n) is 7.14. The second-order valence-corrected chi connectivity index (χ2v) is 7.58. The van der Waals surface area contributed by atoms with Gasteiger partial charge in [0, 0.05) is 28.7 Å². The minimum Gasteiger partial charge on any atom is -0.360 e. The van der Waals surface area contributed by atoms with E-state index in [-0.39, 0.29) is 17.4 Å². The summed E-state index contributed by atoms with van der Waals surface area (Å²) in [7, 11) is 0. The SMILES string of the molecule is CC(C)(C)c1cc(NC(=O)[C@@H]2CCCN2c2ccc(Cl)cc2)on1. The van der Waals surface area contributed by atoms with Crippen molar-refractivity contribution in [2.45, 2.75) is 45.1 Å². The zero-order valence-corrected chi connectivity index (χ0v) is 14.9. The number of nitrogens with zero attached hydrogens (tertiary/aromatic N) is 2. The highest BCUT2D eigenvalue weighted by Gasteiger charge is 2.31. The molecule has 5 nitrogen and oxygen atoms in total. The van der Waals surface area contributed by atoms with Crippen molar-refractivity contribution < 1.29 is 9.32 Å². The topological polar surface area (TPSA) is 58.4 Å². The Morgan fingerprint density at radius 2 is 2.04 bits per heavy atom. The van der Waals surface area contributed by atoms with Crippen LogP contribution in [0.2, 0.25) is 5.02 Å². The van der Waals surface area contributed by atoms with Crippen LogP contribution in [0.4, 0.5) is 11.6 Å². The van der Waals surface area contributed by atoms with Crippen molar-refractivity contribution in [2.75, 3.05) is 16.8 Å². The van der Waals surface area contributed by atoms with Crippen molar-refractivity contribution in [3.05, 3.63) is 41.0 Å². The average molecular weight is 348 g/mol. The Morgan fingerprint density at radius 3 is 2.67 bits per heavy atom. The van der Waals surface area contributed by atoms with Gasteiger partial charge in [0.25, 0.3) is 0 Å². The first kappa shape index (κ1) is 16.8. The fourth-order valence-electron chi connectivity index (χ4n) is 2.87. The third-order valence-corrected chi connectivity index (χ3v) is 4.49. The number of carbonyl (C=O) groups is 1. The van der Waals surface area contributed by atoms with Gasteiger partial charge in [-0.3, -0.25) is 10.1 Å². The van der Waals surface area contributed by atoms with Crippen molar-refractivity contribution in [2.24, 2.45) is 0 Å². The number of hydrogen-bond donors (Lipinski definition) is 1. The van der Waals surface area contributed by atoms with Crippen LogP contribution in [0.5, 0.6) is 0 Å². The number of hydrogen-bond acceptors (Lipinski definition) is 4.